The summed E-state index contributed by atoms with van der Waals surface area (Å²) in [5.41, 5.74) is 1.49. The van der Waals surface area contributed by atoms with Crippen LogP contribution in [-0.4, -0.2) is 87.5 Å². The van der Waals surface area contributed by atoms with Gasteiger partial charge in [-0.05, 0) is 49.8 Å². The van der Waals surface area contributed by atoms with Gasteiger partial charge in [0.05, 0.1) is 25.4 Å². The van der Waals surface area contributed by atoms with Gasteiger partial charge in [0, 0.05) is 45.9 Å². The van der Waals surface area contributed by atoms with Crippen molar-refractivity contribution in [1.29, 1.82) is 0 Å². The number of aliphatic hydroxyl groups excluding tert-OH is 2. The molecule has 10 nitrogen and oxygen atoms in total. The first-order valence-electron chi connectivity index (χ1n) is 16.4. The molecule has 0 saturated carbocycles. The molecule has 0 aliphatic carbocycles. The van der Waals surface area contributed by atoms with Gasteiger partial charge in [-0.3, -0.25) is 9.59 Å². The maximum atomic E-state index is 12.1. The average Bonchev–Trinajstić information content (AvgIpc) is 3.02. The number of nitrogens with zero attached hydrogens (tertiary/aromatic N) is 3. The molecule has 3 N–H and O–H groups in total. The average molecular weight is 638 g/mol. The van der Waals surface area contributed by atoms with Crippen LogP contribution in [-0.2, 0) is 16.1 Å². The Morgan fingerprint density at radius 3 is 2.09 bits per heavy atom. The van der Waals surface area contributed by atoms with Gasteiger partial charge in [-0.25, -0.2) is 4.98 Å². The van der Waals surface area contributed by atoms with Gasteiger partial charge in [0.1, 0.15) is 11.3 Å². The van der Waals surface area contributed by atoms with E-state index in [1.54, 1.807) is 24.1 Å². The minimum atomic E-state index is -0.573. The molecule has 0 radical (unpaired) electrons. The number of carbonyl (C=O) groups excluding carboxylic acids is 2. The molecule has 1 heterocycles. The lowest BCUT2D eigenvalue weighted by atomic mass is 10.1. The number of hydrogen-bond donors (Lipinski definition) is 3. The van der Waals surface area contributed by atoms with Crippen molar-refractivity contribution in [2.24, 2.45) is 0 Å². The second-order valence-electron chi connectivity index (χ2n) is 12.0. The zero-order chi connectivity index (χ0) is 33.3. The van der Waals surface area contributed by atoms with Crippen LogP contribution in [0, 0.1) is 0 Å². The summed E-state index contributed by atoms with van der Waals surface area (Å²) in [7, 11) is 1.68. The summed E-state index contributed by atoms with van der Waals surface area (Å²) in [4.78, 5) is 31.2. The van der Waals surface area contributed by atoms with Gasteiger partial charge in [-0.2, -0.15) is 0 Å². The Morgan fingerprint density at radius 2 is 1.41 bits per heavy atom. The zero-order valence-electron chi connectivity index (χ0n) is 27.6. The van der Waals surface area contributed by atoms with Crippen molar-refractivity contribution in [2.45, 2.75) is 90.4 Å². The predicted octanol–water partition coefficient (Wildman–Crippen LogP) is 5.46. The smallest absolute Gasteiger partial charge is 0.257 e. The number of fused-ring (bicyclic) bond motifs is 1. The van der Waals surface area contributed by atoms with Gasteiger partial charge in [0.25, 0.3) is 5.88 Å². The van der Waals surface area contributed by atoms with Crippen molar-refractivity contribution in [3.8, 4) is 17.4 Å². The summed E-state index contributed by atoms with van der Waals surface area (Å²) in [5.74, 6) is 0.828. The third kappa shape index (κ3) is 12.8. The number of likely N-dealkylation sites (N-methyl/N-ethyl adjacent to an activating group) is 1. The summed E-state index contributed by atoms with van der Waals surface area (Å²) in [6.07, 6.45) is 6.08. The van der Waals surface area contributed by atoms with Gasteiger partial charge in [-0.15, -0.1) is 0 Å². The molecule has 0 spiro atoms. The fraction of sp³-hybridized carbons (Fsp3) is 0.528. The number of benzene rings is 2. The first-order chi connectivity index (χ1) is 22.1. The first kappa shape index (κ1) is 36.6. The molecule has 0 fully saturated rings. The minimum Gasteiger partial charge on any atom is -0.506 e. The van der Waals surface area contributed by atoms with Crippen LogP contribution in [0.15, 0.2) is 54.6 Å². The highest BCUT2D eigenvalue weighted by atomic mass is 16.5. The lowest BCUT2D eigenvalue weighted by molar-refractivity contribution is -0.131. The van der Waals surface area contributed by atoms with Gasteiger partial charge in [0.15, 0.2) is 5.75 Å². The maximum Gasteiger partial charge on any atom is 0.257 e. The molecule has 0 bridgehead atoms. The minimum absolute atomic E-state index is 0.0514. The SMILES string of the molecule is CC(=O)N(C)CC(O)CCCCCOc1cc2cccc(O)c2nc1OCCCCCCC(O)CN(Cc1ccccc1)C(C)=O. The molecule has 2 aromatic carbocycles. The highest BCUT2D eigenvalue weighted by Gasteiger charge is 2.16. The van der Waals surface area contributed by atoms with E-state index >= 15 is 0 Å². The fourth-order valence-electron chi connectivity index (χ4n) is 5.19. The van der Waals surface area contributed by atoms with E-state index in [-0.39, 0.29) is 17.6 Å². The molecule has 1 aromatic heterocycles. The quantitative estimate of drug-likeness (QED) is 0.131. The van der Waals surface area contributed by atoms with E-state index < -0.39 is 12.2 Å². The maximum absolute atomic E-state index is 12.1. The molecule has 46 heavy (non-hydrogen) atoms. The van der Waals surface area contributed by atoms with Crippen molar-refractivity contribution in [2.75, 3.05) is 33.4 Å². The van der Waals surface area contributed by atoms with Crippen LogP contribution in [0.3, 0.4) is 0 Å². The Labute approximate surface area is 273 Å². The van der Waals surface area contributed by atoms with Crippen molar-refractivity contribution in [1.82, 2.24) is 14.8 Å². The lowest BCUT2D eigenvalue weighted by Crippen LogP contribution is -2.35. The number of aromatic nitrogens is 1. The van der Waals surface area contributed by atoms with Crippen LogP contribution in [0.1, 0.15) is 77.2 Å². The first-order valence-corrected chi connectivity index (χ1v) is 16.4. The van der Waals surface area contributed by atoms with E-state index in [9.17, 15) is 24.9 Å². The van der Waals surface area contributed by atoms with E-state index in [1.807, 2.05) is 42.5 Å². The Hall–Kier alpha value is -3.89. The van der Waals surface area contributed by atoms with Crippen molar-refractivity contribution < 1.29 is 34.4 Å². The Morgan fingerprint density at radius 1 is 0.783 bits per heavy atom. The number of phenols is 1. The van der Waals surface area contributed by atoms with Gasteiger partial charge >= 0.3 is 0 Å². The van der Waals surface area contributed by atoms with Gasteiger partial charge < -0.3 is 34.6 Å². The third-order valence-electron chi connectivity index (χ3n) is 7.98. The number of phenolic OH excluding ortho intramolecular Hbond substituents is 1. The summed E-state index contributed by atoms with van der Waals surface area (Å²) < 4.78 is 12.1. The Kier molecular flexibility index (Phi) is 15.6. The number of aromatic hydroxyl groups is 1. The normalized spacial score (nSPS) is 12.5. The van der Waals surface area contributed by atoms with Crippen LogP contribution in [0.4, 0.5) is 0 Å². The van der Waals surface area contributed by atoms with Crippen LogP contribution in [0.25, 0.3) is 10.9 Å². The molecular formula is C36H51N3O7. The van der Waals surface area contributed by atoms with Crippen LogP contribution in [0.2, 0.25) is 0 Å². The number of amides is 2. The molecule has 2 unspecified atom stereocenters. The second-order valence-corrected chi connectivity index (χ2v) is 12.0. The van der Waals surface area contributed by atoms with E-state index in [1.165, 1.54) is 18.7 Å². The number of ether oxygens (including phenoxy) is 2. The van der Waals surface area contributed by atoms with Crippen molar-refractivity contribution >= 4 is 22.7 Å². The molecule has 0 saturated heterocycles. The van der Waals surface area contributed by atoms with E-state index in [0.29, 0.717) is 62.8 Å². The molecule has 10 heteroatoms. The summed E-state index contributed by atoms with van der Waals surface area (Å²) >= 11 is 0. The molecular weight excluding hydrogens is 586 g/mol. The summed E-state index contributed by atoms with van der Waals surface area (Å²) in [6.45, 7) is 5.05. The number of hydrogen-bond acceptors (Lipinski definition) is 8. The van der Waals surface area contributed by atoms with Crippen LogP contribution in [0.5, 0.6) is 17.4 Å². The van der Waals surface area contributed by atoms with Crippen LogP contribution < -0.4 is 9.47 Å². The highest BCUT2D eigenvalue weighted by Crippen LogP contribution is 2.33. The number of unbranched alkanes of at least 4 members (excludes halogenated alkanes) is 5. The zero-order valence-corrected chi connectivity index (χ0v) is 27.6. The number of carbonyl (C=O) groups is 2. The Bertz CT molecular complexity index is 1350. The monoisotopic (exact) mass is 637 g/mol. The molecule has 2 atom stereocenters. The van der Waals surface area contributed by atoms with E-state index in [4.69, 9.17) is 9.47 Å². The number of aliphatic hydroxyl groups is 2. The predicted molar refractivity (Wildman–Crippen MR) is 179 cm³/mol. The summed E-state index contributed by atoms with van der Waals surface area (Å²) in [5, 5.41) is 31.8. The Balaban J connectivity index is 1.39. The van der Waals surface area contributed by atoms with Crippen molar-refractivity contribution in [3.05, 3.63) is 60.2 Å². The number of rotatable bonds is 21. The van der Waals surface area contributed by atoms with Gasteiger partial charge in [0.2, 0.25) is 11.8 Å². The van der Waals surface area contributed by atoms with Gasteiger partial charge in [-0.1, -0.05) is 68.1 Å². The lowest BCUT2D eigenvalue weighted by Gasteiger charge is -2.24. The molecule has 2 amide bonds. The molecule has 252 valence electrons. The molecule has 0 aliphatic rings. The molecule has 3 rings (SSSR count). The van der Waals surface area contributed by atoms with Crippen molar-refractivity contribution in [3.63, 3.8) is 0 Å². The van der Waals surface area contributed by atoms with Crippen LogP contribution >= 0.6 is 0 Å². The summed E-state index contributed by atoms with van der Waals surface area (Å²) in [6, 6.07) is 16.8. The molecule has 3 aromatic rings. The van der Waals surface area contributed by atoms with E-state index in [0.717, 1.165) is 55.9 Å². The number of pyridine rings is 1. The fourth-order valence-corrected chi connectivity index (χ4v) is 5.19. The van der Waals surface area contributed by atoms with E-state index in [2.05, 4.69) is 4.98 Å². The molecule has 0 aliphatic heterocycles. The largest absolute Gasteiger partial charge is 0.506 e. The standard InChI is InChI=1S/C36H51N3O7/c1-27(40)38(3)25-31(42)18-11-7-13-21-45-34-23-30-17-14-20-33(44)35(30)37-36(34)46-22-12-5-4-10-19-32(43)26-39(28(2)41)24-29-15-8-6-9-16-29/h6,8-9,14-17,20,23,31-32,42-44H,4-5,7,10-13,18-19,21-22,24-26H2,1-3H3. The highest BCUT2D eigenvalue weighted by molar-refractivity contribution is 5.86. The second kappa shape index (κ2) is 19.6. The third-order valence-corrected chi connectivity index (χ3v) is 7.98. The number of para-hydroxylation sites is 1. The topological polar surface area (TPSA) is 133 Å².